The van der Waals surface area contributed by atoms with E-state index in [1.165, 1.54) is 0 Å². The molecular weight excluding hydrogens is 240 g/mol. The summed E-state index contributed by atoms with van der Waals surface area (Å²) in [5.41, 5.74) is 1.87. The number of aryl methyl sites for hydroxylation is 1. The fourth-order valence-electron chi connectivity index (χ4n) is 1.97. The molecule has 0 unspecified atom stereocenters. The largest absolute Gasteiger partial charge is 0.343 e. The van der Waals surface area contributed by atoms with Gasteiger partial charge in [-0.3, -0.25) is 9.59 Å². The molecule has 4 nitrogen and oxygen atoms in total. The number of para-hydroxylation sites is 1. The maximum atomic E-state index is 11.9. The van der Waals surface area contributed by atoms with Gasteiger partial charge in [-0.05, 0) is 31.9 Å². The third-order valence-electron chi connectivity index (χ3n) is 3.10. The maximum absolute atomic E-state index is 11.9. The van der Waals surface area contributed by atoms with Crippen molar-refractivity contribution < 1.29 is 9.59 Å². The molecule has 0 saturated carbocycles. The monoisotopic (exact) mass is 262 g/mol. The topological polar surface area (TPSA) is 49.4 Å². The predicted octanol–water partition coefficient (Wildman–Crippen LogP) is 2.45. The summed E-state index contributed by atoms with van der Waals surface area (Å²) in [7, 11) is 0. The first-order valence-corrected chi connectivity index (χ1v) is 6.77. The van der Waals surface area contributed by atoms with Crippen LogP contribution in [0.3, 0.4) is 0 Å². The lowest BCUT2D eigenvalue weighted by Crippen LogP contribution is -2.33. The molecule has 0 heterocycles. The molecule has 0 saturated heterocycles. The van der Waals surface area contributed by atoms with Crippen molar-refractivity contribution >= 4 is 17.5 Å². The summed E-state index contributed by atoms with van der Waals surface area (Å²) < 4.78 is 0. The number of hydrogen-bond donors (Lipinski definition) is 1. The average Bonchev–Trinajstić information content (AvgIpc) is 2.40. The maximum Gasteiger partial charge on any atom is 0.233 e. The standard InChI is InChI=1S/C15H22N2O2/c1-4-12-9-7-8-10-13(12)16-14(18)11-15(19)17(5-2)6-3/h7-10H,4-6,11H2,1-3H3,(H,16,18). The average molecular weight is 262 g/mol. The van der Waals surface area contributed by atoms with Gasteiger partial charge in [-0.1, -0.05) is 25.1 Å². The molecule has 1 N–H and O–H groups in total. The molecule has 0 aliphatic rings. The number of anilines is 1. The highest BCUT2D eigenvalue weighted by Gasteiger charge is 2.15. The van der Waals surface area contributed by atoms with E-state index in [2.05, 4.69) is 5.32 Å². The highest BCUT2D eigenvalue weighted by molar-refractivity contribution is 6.03. The van der Waals surface area contributed by atoms with Crippen LogP contribution in [-0.4, -0.2) is 29.8 Å². The van der Waals surface area contributed by atoms with Crippen LogP contribution in [0.15, 0.2) is 24.3 Å². The van der Waals surface area contributed by atoms with Crippen molar-refractivity contribution in [2.75, 3.05) is 18.4 Å². The molecule has 0 spiro atoms. The van der Waals surface area contributed by atoms with Crippen molar-refractivity contribution in [3.05, 3.63) is 29.8 Å². The van der Waals surface area contributed by atoms with Crippen LogP contribution in [0, 0.1) is 0 Å². The minimum atomic E-state index is -0.252. The number of nitrogens with one attached hydrogen (secondary N) is 1. The van der Waals surface area contributed by atoms with Gasteiger partial charge in [-0.2, -0.15) is 0 Å². The first kappa shape index (κ1) is 15.2. The van der Waals surface area contributed by atoms with Crippen LogP contribution in [0.1, 0.15) is 32.8 Å². The zero-order chi connectivity index (χ0) is 14.3. The van der Waals surface area contributed by atoms with Crippen molar-refractivity contribution in [1.29, 1.82) is 0 Å². The van der Waals surface area contributed by atoms with Gasteiger partial charge in [0, 0.05) is 18.8 Å². The van der Waals surface area contributed by atoms with Crippen LogP contribution >= 0.6 is 0 Å². The normalized spacial score (nSPS) is 10.1. The second-order valence-corrected chi connectivity index (χ2v) is 4.30. The molecule has 1 aromatic rings. The van der Waals surface area contributed by atoms with E-state index in [0.717, 1.165) is 17.7 Å². The molecule has 0 radical (unpaired) electrons. The Bertz CT molecular complexity index is 440. The summed E-state index contributed by atoms with van der Waals surface area (Å²) in [6.07, 6.45) is 0.750. The molecular formula is C15H22N2O2. The number of benzene rings is 1. The second kappa shape index (κ2) is 7.56. The third-order valence-corrected chi connectivity index (χ3v) is 3.10. The van der Waals surface area contributed by atoms with Crippen molar-refractivity contribution in [2.24, 2.45) is 0 Å². The summed E-state index contributed by atoms with van der Waals surface area (Å²) in [4.78, 5) is 25.4. The minimum absolute atomic E-state index is 0.0975. The van der Waals surface area contributed by atoms with Crippen LogP contribution in [-0.2, 0) is 16.0 Å². The van der Waals surface area contributed by atoms with Gasteiger partial charge in [0.25, 0.3) is 0 Å². The van der Waals surface area contributed by atoms with E-state index in [4.69, 9.17) is 0 Å². The molecule has 19 heavy (non-hydrogen) atoms. The van der Waals surface area contributed by atoms with E-state index >= 15 is 0 Å². The Labute approximate surface area is 114 Å². The Kier molecular flexibility index (Phi) is 6.06. The SMILES string of the molecule is CCc1ccccc1NC(=O)CC(=O)N(CC)CC. The Hall–Kier alpha value is -1.84. The van der Waals surface area contributed by atoms with Crippen molar-refractivity contribution in [2.45, 2.75) is 33.6 Å². The summed E-state index contributed by atoms with van der Waals surface area (Å²) in [5, 5.41) is 2.81. The zero-order valence-corrected chi connectivity index (χ0v) is 11.9. The molecule has 1 aromatic carbocycles. The number of nitrogens with zero attached hydrogens (tertiary/aromatic N) is 1. The van der Waals surface area contributed by atoms with E-state index in [1.807, 2.05) is 45.0 Å². The first-order valence-electron chi connectivity index (χ1n) is 6.77. The molecule has 4 heteroatoms. The lowest BCUT2D eigenvalue weighted by Gasteiger charge is -2.18. The van der Waals surface area contributed by atoms with Crippen LogP contribution < -0.4 is 5.32 Å². The van der Waals surface area contributed by atoms with Crippen molar-refractivity contribution in [3.63, 3.8) is 0 Å². The van der Waals surface area contributed by atoms with Crippen LogP contribution in [0.5, 0.6) is 0 Å². The lowest BCUT2D eigenvalue weighted by molar-refractivity contribution is -0.134. The lowest BCUT2D eigenvalue weighted by atomic mass is 10.1. The fraction of sp³-hybridized carbons (Fsp3) is 0.467. The molecule has 2 amide bonds. The van der Waals surface area contributed by atoms with E-state index in [1.54, 1.807) is 4.90 Å². The summed E-state index contributed by atoms with van der Waals surface area (Å²) >= 11 is 0. The van der Waals surface area contributed by atoms with E-state index < -0.39 is 0 Å². The number of amides is 2. The van der Waals surface area contributed by atoms with E-state index in [0.29, 0.717) is 13.1 Å². The zero-order valence-electron chi connectivity index (χ0n) is 11.9. The summed E-state index contributed by atoms with van der Waals surface area (Å²) in [5.74, 6) is -0.380. The van der Waals surface area contributed by atoms with Gasteiger partial charge in [0.15, 0.2) is 0 Å². The quantitative estimate of drug-likeness (QED) is 0.801. The number of hydrogen-bond acceptors (Lipinski definition) is 2. The highest BCUT2D eigenvalue weighted by atomic mass is 16.2. The van der Waals surface area contributed by atoms with E-state index in [-0.39, 0.29) is 18.2 Å². The van der Waals surface area contributed by atoms with E-state index in [9.17, 15) is 9.59 Å². The highest BCUT2D eigenvalue weighted by Crippen LogP contribution is 2.15. The Morgan fingerprint density at radius 3 is 2.32 bits per heavy atom. The smallest absolute Gasteiger partial charge is 0.233 e. The summed E-state index contributed by atoms with van der Waals surface area (Å²) in [6.45, 7) is 7.12. The fourth-order valence-corrected chi connectivity index (χ4v) is 1.97. The molecule has 104 valence electrons. The molecule has 0 aromatic heterocycles. The Morgan fingerprint density at radius 2 is 1.74 bits per heavy atom. The third kappa shape index (κ3) is 4.39. The Morgan fingerprint density at radius 1 is 1.11 bits per heavy atom. The Balaban J connectivity index is 2.63. The van der Waals surface area contributed by atoms with Gasteiger partial charge in [0.05, 0.1) is 0 Å². The van der Waals surface area contributed by atoms with Crippen LogP contribution in [0.25, 0.3) is 0 Å². The van der Waals surface area contributed by atoms with Gasteiger partial charge in [-0.15, -0.1) is 0 Å². The van der Waals surface area contributed by atoms with Gasteiger partial charge in [0.1, 0.15) is 6.42 Å². The van der Waals surface area contributed by atoms with Gasteiger partial charge >= 0.3 is 0 Å². The second-order valence-electron chi connectivity index (χ2n) is 4.30. The minimum Gasteiger partial charge on any atom is -0.343 e. The molecule has 0 fully saturated rings. The van der Waals surface area contributed by atoms with Gasteiger partial charge < -0.3 is 10.2 Å². The number of carbonyl (C=O) groups excluding carboxylic acids is 2. The number of carbonyl (C=O) groups is 2. The molecule has 0 bridgehead atoms. The van der Waals surface area contributed by atoms with Crippen molar-refractivity contribution in [1.82, 2.24) is 4.90 Å². The van der Waals surface area contributed by atoms with Gasteiger partial charge in [-0.25, -0.2) is 0 Å². The van der Waals surface area contributed by atoms with Gasteiger partial charge in [0.2, 0.25) is 11.8 Å². The number of rotatable bonds is 6. The molecule has 0 aliphatic heterocycles. The van der Waals surface area contributed by atoms with Crippen LogP contribution in [0.2, 0.25) is 0 Å². The predicted molar refractivity (Wildman–Crippen MR) is 77.0 cm³/mol. The molecule has 0 atom stereocenters. The molecule has 1 rings (SSSR count). The van der Waals surface area contributed by atoms with Crippen LogP contribution in [0.4, 0.5) is 5.69 Å². The molecule has 0 aliphatic carbocycles. The first-order chi connectivity index (χ1) is 9.12. The van der Waals surface area contributed by atoms with Crippen molar-refractivity contribution in [3.8, 4) is 0 Å². The summed E-state index contributed by atoms with van der Waals surface area (Å²) in [6, 6.07) is 7.65.